The Morgan fingerprint density at radius 1 is 0.617 bits per heavy atom. The molecule has 0 spiro atoms. The van der Waals surface area contributed by atoms with Gasteiger partial charge in [-0.15, -0.1) is 0 Å². The van der Waals surface area contributed by atoms with Crippen LogP contribution in [0.2, 0.25) is 0 Å². The fraction of sp³-hybridized carbons (Fsp3) is 0.566. The number of hydrogen-bond acceptors (Lipinski definition) is 16. The highest BCUT2D eigenvalue weighted by molar-refractivity contribution is 5.98. The van der Waals surface area contributed by atoms with Crippen molar-refractivity contribution in [2.45, 2.75) is 154 Å². The van der Waals surface area contributed by atoms with E-state index < -0.39 is 151 Å². The van der Waals surface area contributed by atoms with Crippen LogP contribution in [0.1, 0.15) is 98.2 Å². The number of ether oxygens (including phenoxy) is 1. The number of nitrogens with zero attached hydrogens (tertiary/aromatic N) is 1. The quantitative estimate of drug-likeness (QED) is 0.0190. The molecule has 0 aliphatic rings. The second kappa shape index (κ2) is 34.9. The van der Waals surface area contributed by atoms with Crippen molar-refractivity contribution in [2.75, 3.05) is 19.7 Å². The van der Waals surface area contributed by atoms with Crippen molar-refractivity contribution in [3.63, 3.8) is 0 Å². The third kappa shape index (κ3) is 24.1. The van der Waals surface area contributed by atoms with Crippen molar-refractivity contribution >= 4 is 65.3 Å². The maximum Gasteiger partial charge on any atom is 0.408 e. The standard InChI is InChI=1S/C53H83N13O15/c1-9-29(6)39(48(75)64-40(31(8)68)47(74)58-24-37(69)59-30(7)44(71)62-36(25-67)51(78)79)63-45(72)34(21-16-22-57-52(55)56)60-46(73)35(23-27(2)3)61-50(77)42(43(70)28(4)5)65-49(76)41(38(54)33-19-14-11-15-20-33)66-53(80)81-26-32-17-12-10-13-18-32/h10-15,17-20,27-31,34-36,38-43,67-68,70H,9,16,21-26,54H2,1-8H3,(H,58,74)(H,59,69)(H,60,73)(H,61,77)(H,62,71)(H,63,72)(H,64,75)(H,65,76)(H,66,80)(H,78,79)(H4,55,56,57)/t29-,30-,31-,34+,35-,36-,38+,39-,40-,41-,42-,43+/m0/s1. The summed E-state index contributed by atoms with van der Waals surface area (Å²) in [5.41, 5.74) is 18.7. The number of nitrogens with one attached hydrogen (secondary N) is 9. The fourth-order valence-corrected chi connectivity index (χ4v) is 7.74. The van der Waals surface area contributed by atoms with Crippen molar-refractivity contribution in [1.29, 1.82) is 0 Å². The van der Waals surface area contributed by atoms with Gasteiger partial charge < -0.3 is 90.2 Å². The van der Waals surface area contributed by atoms with Gasteiger partial charge in [-0.1, -0.05) is 109 Å². The van der Waals surface area contributed by atoms with Crippen LogP contribution in [0.25, 0.3) is 0 Å². The highest BCUT2D eigenvalue weighted by Crippen LogP contribution is 2.18. The number of carboxylic acid groups (broad SMARTS) is 1. The summed E-state index contributed by atoms with van der Waals surface area (Å²) in [6.45, 7) is 10.5. The summed E-state index contributed by atoms with van der Waals surface area (Å²) in [6, 6.07) is 3.57. The number of carboxylic acids is 1. The average Bonchev–Trinajstić information content (AvgIpc) is 3.45. The van der Waals surface area contributed by atoms with Crippen molar-refractivity contribution in [3.8, 4) is 0 Å². The van der Waals surface area contributed by atoms with Crippen molar-refractivity contribution in [1.82, 2.24) is 47.9 Å². The molecule has 0 heterocycles. The molecule has 2 aromatic carbocycles. The van der Waals surface area contributed by atoms with Gasteiger partial charge in [0.25, 0.3) is 0 Å². The molecule has 28 nitrogen and oxygen atoms in total. The second-order valence-electron chi connectivity index (χ2n) is 20.2. The van der Waals surface area contributed by atoms with E-state index in [1.54, 1.807) is 102 Å². The smallest absolute Gasteiger partial charge is 0.408 e. The molecule has 0 aliphatic carbocycles. The van der Waals surface area contributed by atoms with Gasteiger partial charge in [0.15, 0.2) is 5.96 Å². The molecule has 12 atom stereocenters. The third-order valence-electron chi connectivity index (χ3n) is 12.7. The summed E-state index contributed by atoms with van der Waals surface area (Å²) in [6.07, 6.45) is -3.97. The number of aliphatic imine (C=N–C) groups is 1. The molecular formula is C53H83N13O15. The van der Waals surface area contributed by atoms with E-state index in [1.807, 2.05) is 5.32 Å². The first-order valence-corrected chi connectivity index (χ1v) is 26.5. The lowest BCUT2D eigenvalue weighted by atomic mass is 9.95. The van der Waals surface area contributed by atoms with E-state index >= 15 is 0 Å². The zero-order valence-corrected chi connectivity index (χ0v) is 47.0. The van der Waals surface area contributed by atoms with Crippen LogP contribution in [-0.4, -0.2) is 166 Å². The first-order valence-electron chi connectivity index (χ1n) is 26.5. The minimum Gasteiger partial charge on any atom is -0.480 e. The fourth-order valence-electron chi connectivity index (χ4n) is 7.74. The molecule has 0 aromatic heterocycles. The van der Waals surface area contributed by atoms with Crippen LogP contribution in [0.3, 0.4) is 0 Å². The molecule has 450 valence electrons. The van der Waals surface area contributed by atoms with E-state index in [1.165, 1.54) is 13.8 Å². The molecule has 0 bridgehead atoms. The van der Waals surface area contributed by atoms with Gasteiger partial charge in [-0.3, -0.25) is 43.3 Å². The van der Waals surface area contributed by atoms with Gasteiger partial charge in [0.1, 0.15) is 54.9 Å². The van der Waals surface area contributed by atoms with Gasteiger partial charge in [0, 0.05) is 6.54 Å². The normalized spacial score (nSPS) is 15.6. The number of benzene rings is 2. The second-order valence-corrected chi connectivity index (χ2v) is 20.2. The number of rotatable bonds is 34. The third-order valence-corrected chi connectivity index (χ3v) is 12.7. The van der Waals surface area contributed by atoms with Crippen molar-refractivity contribution in [2.24, 2.45) is 39.9 Å². The van der Waals surface area contributed by atoms with Crippen LogP contribution in [0.15, 0.2) is 65.7 Å². The van der Waals surface area contributed by atoms with Crippen LogP contribution >= 0.6 is 0 Å². The number of carbonyl (C=O) groups excluding carboxylic acids is 9. The van der Waals surface area contributed by atoms with Gasteiger partial charge >= 0.3 is 12.1 Å². The largest absolute Gasteiger partial charge is 0.480 e. The molecule has 0 unspecified atom stereocenters. The van der Waals surface area contributed by atoms with E-state index in [9.17, 15) is 63.3 Å². The topological polar surface area (TPSA) is 460 Å². The number of aliphatic hydroxyl groups excluding tert-OH is 3. The van der Waals surface area contributed by atoms with Gasteiger partial charge in [-0.05, 0) is 62.0 Å². The predicted octanol–water partition coefficient (Wildman–Crippen LogP) is -2.87. The number of hydrogen-bond donors (Lipinski definition) is 16. The van der Waals surface area contributed by atoms with Crippen molar-refractivity contribution < 1.29 is 73.1 Å². The summed E-state index contributed by atoms with van der Waals surface area (Å²) >= 11 is 0. The summed E-state index contributed by atoms with van der Waals surface area (Å²) < 4.78 is 5.38. The Balaban J connectivity index is 2.41. The highest BCUT2D eigenvalue weighted by Gasteiger charge is 2.39. The number of aliphatic carboxylic acids is 1. The predicted molar refractivity (Wildman–Crippen MR) is 295 cm³/mol. The zero-order chi connectivity index (χ0) is 61.1. The van der Waals surface area contributed by atoms with E-state index in [0.29, 0.717) is 11.1 Å². The molecule has 19 N–H and O–H groups in total. The Morgan fingerprint density at radius 2 is 1.15 bits per heavy atom. The lowest BCUT2D eigenvalue weighted by Gasteiger charge is -2.32. The maximum absolute atomic E-state index is 14.4. The van der Waals surface area contributed by atoms with Crippen LogP contribution in [0.4, 0.5) is 4.79 Å². The van der Waals surface area contributed by atoms with Gasteiger partial charge in [0.2, 0.25) is 47.3 Å². The summed E-state index contributed by atoms with van der Waals surface area (Å²) in [4.78, 5) is 138. The van der Waals surface area contributed by atoms with Gasteiger partial charge in [0.05, 0.1) is 31.4 Å². The van der Waals surface area contributed by atoms with E-state index in [2.05, 4.69) is 47.5 Å². The molecular weight excluding hydrogens is 1060 g/mol. The first-order chi connectivity index (χ1) is 38.1. The number of amides is 9. The Bertz CT molecular complexity index is 2430. The van der Waals surface area contributed by atoms with E-state index in [-0.39, 0.29) is 50.7 Å². The Hall–Kier alpha value is -7.95. The van der Waals surface area contributed by atoms with Crippen molar-refractivity contribution in [3.05, 3.63) is 71.8 Å². The summed E-state index contributed by atoms with van der Waals surface area (Å²) in [7, 11) is 0. The van der Waals surface area contributed by atoms with Crippen LogP contribution in [0.5, 0.6) is 0 Å². The lowest BCUT2D eigenvalue weighted by molar-refractivity contribution is -0.143. The molecule has 2 aromatic rings. The molecule has 28 heteroatoms. The molecule has 0 fully saturated rings. The SMILES string of the molecule is CC[C@H](C)[C@H](NC(=O)[C@@H](CCCN=C(N)N)NC(=O)[C@H](CC(C)C)NC(=O)[C@@H](NC(=O)[C@@H](NC(=O)OCc1ccccc1)[C@H](N)c1ccccc1)[C@H](O)C(C)C)C(=O)N[C@H](C(=O)NCC(=O)N[C@@H](C)C(=O)N[C@@H](CO)C(=O)O)[C@H](C)O. The zero-order valence-electron chi connectivity index (χ0n) is 47.0. The number of carbonyl (C=O) groups is 10. The molecule has 81 heavy (non-hydrogen) atoms. The number of nitrogens with two attached hydrogens (primary N) is 3. The summed E-state index contributed by atoms with van der Waals surface area (Å²) in [5.74, 6) is -11.1. The Morgan fingerprint density at radius 3 is 1.69 bits per heavy atom. The molecule has 0 saturated carbocycles. The molecule has 2 rings (SSSR count). The Labute approximate surface area is 470 Å². The average molecular weight is 1140 g/mol. The molecule has 0 radical (unpaired) electrons. The first kappa shape index (κ1) is 69.2. The van der Waals surface area contributed by atoms with Gasteiger partial charge in [-0.25, -0.2) is 9.59 Å². The minimum atomic E-state index is -1.75. The lowest BCUT2D eigenvalue weighted by Crippen LogP contribution is -2.63. The maximum atomic E-state index is 14.4. The Kier molecular flexibility index (Phi) is 29.8. The minimum absolute atomic E-state index is 0.00334. The summed E-state index contributed by atoms with van der Waals surface area (Å²) in [5, 5.41) is 62.1. The van der Waals surface area contributed by atoms with Gasteiger partial charge in [-0.2, -0.15) is 0 Å². The number of guanidine groups is 1. The molecule has 9 amide bonds. The van der Waals surface area contributed by atoms with Crippen LogP contribution < -0.4 is 65.1 Å². The number of alkyl carbamates (subject to hydrolysis) is 1. The molecule has 0 saturated heterocycles. The van der Waals surface area contributed by atoms with E-state index in [0.717, 1.165) is 0 Å². The number of aliphatic hydroxyl groups is 3. The van der Waals surface area contributed by atoms with E-state index in [4.69, 9.17) is 27.0 Å². The van der Waals surface area contributed by atoms with Crippen LogP contribution in [0, 0.1) is 17.8 Å². The molecule has 0 aliphatic heterocycles. The highest BCUT2D eigenvalue weighted by atomic mass is 16.5. The van der Waals surface area contributed by atoms with Crippen LogP contribution in [-0.2, 0) is 54.5 Å². The monoisotopic (exact) mass is 1140 g/mol.